The summed E-state index contributed by atoms with van der Waals surface area (Å²) in [5, 5.41) is 4.36. The van der Waals surface area contributed by atoms with Crippen molar-refractivity contribution in [3.63, 3.8) is 0 Å². The average molecular weight is 312 g/mol. The molecule has 3 unspecified atom stereocenters. The van der Waals surface area contributed by atoms with Crippen LogP contribution < -0.4 is 5.32 Å². The number of halogens is 2. The Bertz CT molecular complexity index is 449. The summed E-state index contributed by atoms with van der Waals surface area (Å²) in [5.41, 5.74) is 0.934. The average Bonchev–Trinajstić information content (AvgIpc) is 2.47. The van der Waals surface area contributed by atoms with Gasteiger partial charge in [0.2, 0.25) is 0 Å². The zero-order chi connectivity index (χ0) is 15.2. The van der Waals surface area contributed by atoms with Gasteiger partial charge in [0.15, 0.2) is 0 Å². The molecular weight excluding hydrogens is 285 g/mol. The number of hydrogen-bond acceptors (Lipinski definition) is 1. The SMILES string of the molecule is CCCNC(Cc1cc(F)ccc1Cl)C1CCCC(C)C1. The van der Waals surface area contributed by atoms with Gasteiger partial charge in [-0.05, 0) is 67.8 Å². The molecule has 1 N–H and O–H groups in total. The summed E-state index contributed by atoms with van der Waals surface area (Å²) in [4.78, 5) is 0. The Labute approximate surface area is 133 Å². The van der Waals surface area contributed by atoms with Gasteiger partial charge in [0, 0.05) is 11.1 Å². The van der Waals surface area contributed by atoms with Crippen LogP contribution in [0.15, 0.2) is 18.2 Å². The van der Waals surface area contributed by atoms with Gasteiger partial charge in [0.25, 0.3) is 0 Å². The summed E-state index contributed by atoms with van der Waals surface area (Å²) in [7, 11) is 0. The smallest absolute Gasteiger partial charge is 0.123 e. The van der Waals surface area contributed by atoms with E-state index in [1.165, 1.54) is 31.7 Å². The third kappa shape index (κ3) is 4.96. The van der Waals surface area contributed by atoms with Crippen LogP contribution in [-0.4, -0.2) is 12.6 Å². The Hall–Kier alpha value is -0.600. The molecule has 2 rings (SSSR count). The molecule has 1 fully saturated rings. The highest BCUT2D eigenvalue weighted by Crippen LogP contribution is 2.32. The molecule has 118 valence electrons. The zero-order valence-corrected chi connectivity index (χ0v) is 13.9. The van der Waals surface area contributed by atoms with E-state index in [9.17, 15) is 4.39 Å². The van der Waals surface area contributed by atoms with Gasteiger partial charge in [-0.15, -0.1) is 0 Å². The first kappa shape index (κ1) is 16.8. The summed E-state index contributed by atoms with van der Waals surface area (Å²) in [6.07, 6.45) is 7.15. The minimum Gasteiger partial charge on any atom is -0.313 e. The Morgan fingerprint density at radius 2 is 2.19 bits per heavy atom. The van der Waals surface area contributed by atoms with Crippen LogP contribution in [0.25, 0.3) is 0 Å². The number of rotatable bonds is 6. The van der Waals surface area contributed by atoms with Crippen LogP contribution in [0.4, 0.5) is 4.39 Å². The Morgan fingerprint density at radius 3 is 2.90 bits per heavy atom. The van der Waals surface area contributed by atoms with E-state index < -0.39 is 0 Å². The zero-order valence-electron chi connectivity index (χ0n) is 13.2. The fourth-order valence-electron chi connectivity index (χ4n) is 3.52. The van der Waals surface area contributed by atoms with Crippen molar-refractivity contribution in [2.45, 2.75) is 58.4 Å². The quantitative estimate of drug-likeness (QED) is 0.760. The first-order valence-corrected chi connectivity index (χ1v) is 8.65. The third-order valence-corrected chi connectivity index (χ3v) is 5.02. The first-order valence-electron chi connectivity index (χ1n) is 8.27. The van der Waals surface area contributed by atoms with Crippen molar-refractivity contribution >= 4 is 11.6 Å². The van der Waals surface area contributed by atoms with Gasteiger partial charge in [0.1, 0.15) is 5.82 Å². The fourth-order valence-corrected chi connectivity index (χ4v) is 3.71. The molecule has 0 saturated heterocycles. The van der Waals surface area contributed by atoms with E-state index in [4.69, 9.17) is 11.6 Å². The molecular formula is C18H27ClFN. The molecule has 1 nitrogen and oxygen atoms in total. The third-order valence-electron chi connectivity index (χ3n) is 4.65. The number of nitrogens with one attached hydrogen (secondary N) is 1. The van der Waals surface area contributed by atoms with Crippen molar-refractivity contribution in [2.75, 3.05) is 6.54 Å². The van der Waals surface area contributed by atoms with E-state index in [1.807, 2.05) is 0 Å². The standard InChI is InChI=1S/C18H27ClFN/c1-3-9-21-18(14-6-4-5-13(2)10-14)12-15-11-16(20)7-8-17(15)19/h7-8,11,13-14,18,21H,3-6,9-10,12H2,1-2H3. The second-order valence-corrected chi connectivity index (χ2v) is 6.94. The van der Waals surface area contributed by atoms with Gasteiger partial charge in [-0.2, -0.15) is 0 Å². The number of benzene rings is 1. The molecule has 0 amide bonds. The summed E-state index contributed by atoms with van der Waals surface area (Å²) in [5.74, 6) is 1.29. The van der Waals surface area contributed by atoms with Crippen molar-refractivity contribution in [2.24, 2.45) is 11.8 Å². The van der Waals surface area contributed by atoms with E-state index in [0.717, 1.165) is 30.9 Å². The highest BCUT2D eigenvalue weighted by atomic mass is 35.5. The van der Waals surface area contributed by atoms with Crippen LogP contribution in [0.2, 0.25) is 5.02 Å². The topological polar surface area (TPSA) is 12.0 Å². The Morgan fingerprint density at radius 1 is 1.38 bits per heavy atom. The summed E-state index contributed by atoms with van der Waals surface area (Å²) in [6.45, 7) is 5.55. The van der Waals surface area contributed by atoms with Crippen molar-refractivity contribution in [1.29, 1.82) is 0 Å². The molecule has 1 aromatic rings. The molecule has 21 heavy (non-hydrogen) atoms. The minimum absolute atomic E-state index is 0.194. The lowest BCUT2D eigenvalue weighted by atomic mass is 9.77. The maximum Gasteiger partial charge on any atom is 0.123 e. The molecule has 1 saturated carbocycles. The highest BCUT2D eigenvalue weighted by Gasteiger charge is 2.27. The van der Waals surface area contributed by atoms with E-state index in [1.54, 1.807) is 12.1 Å². The molecule has 0 aromatic heterocycles. The Kier molecular flexibility index (Phi) is 6.50. The van der Waals surface area contributed by atoms with E-state index in [-0.39, 0.29) is 5.82 Å². The molecule has 1 aliphatic rings. The maximum atomic E-state index is 13.5. The number of hydrogen-bond donors (Lipinski definition) is 1. The van der Waals surface area contributed by atoms with Gasteiger partial charge >= 0.3 is 0 Å². The largest absolute Gasteiger partial charge is 0.313 e. The predicted octanol–water partition coefficient (Wildman–Crippen LogP) is 5.22. The predicted molar refractivity (Wildman–Crippen MR) is 88.3 cm³/mol. The van der Waals surface area contributed by atoms with Crippen molar-refractivity contribution in [1.82, 2.24) is 5.32 Å². The molecule has 1 aliphatic carbocycles. The molecule has 3 heteroatoms. The van der Waals surface area contributed by atoms with E-state index in [2.05, 4.69) is 19.2 Å². The lowest BCUT2D eigenvalue weighted by Gasteiger charge is -2.34. The van der Waals surface area contributed by atoms with Crippen molar-refractivity contribution in [3.8, 4) is 0 Å². The normalized spacial score (nSPS) is 24.0. The van der Waals surface area contributed by atoms with Gasteiger partial charge in [-0.25, -0.2) is 4.39 Å². The maximum absolute atomic E-state index is 13.5. The van der Waals surface area contributed by atoms with Gasteiger partial charge in [-0.3, -0.25) is 0 Å². The van der Waals surface area contributed by atoms with Crippen molar-refractivity contribution in [3.05, 3.63) is 34.6 Å². The van der Waals surface area contributed by atoms with Crippen LogP contribution in [0, 0.1) is 17.7 Å². The van der Waals surface area contributed by atoms with Gasteiger partial charge in [0.05, 0.1) is 0 Å². The lowest BCUT2D eigenvalue weighted by molar-refractivity contribution is 0.221. The van der Waals surface area contributed by atoms with Crippen LogP contribution >= 0.6 is 11.6 Å². The lowest BCUT2D eigenvalue weighted by Crippen LogP contribution is -2.40. The molecule has 0 radical (unpaired) electrons. The monoisotopic (exact) mass is 311 g/mol. The molecule has 0 heterocycles. The summed E-state index contributed by atoms with van der Waals surface area (Å²) < 4.78 is 13.5. The first-order chi connectivity index (χ1) is 10.1. The van der Waals surface area contributed by atoms with E-state index in [0.29, 0.717) is 17.0 Å². The van der Waals surface area contributed by atoms with Crippen LogP contribution in [0.3, 0.4) is 0 Å². The minimum atomic E-state index is -0.194. The van der Waals surface area contributed by atoms with Crippen molar-refractivity contribution < 1.29 is 4.39 Å². The molecule has 0 spiro atoms. The summed E-state index contributed by atoms with van der Waals surface area (Å²) >= 11 is 6.25. The van der Waals surface area contributed by atoms with Crippen LogP contribution in [0.1, 0.15) is 51.5 Å². The molecule has 3 atom stereocenters. The molecule has 0 bridgehead atoms. The van der Waals surface area contributed by atoms with Gasteiger partial charge < -0.3 is 5.32 Å². The molecule has 1 aromatic carbocycles. The molecule has 0 aliphatic heterocycles. The highest BCUT2D eigenvalue weighted by molar-refractivity contribution is 6.31. The second kappa shape index (κ2) is 8.14. The van der Waals surface area contributed by atoms with Gasteiger partial charge in [-0.1, -0.05) is 38.3 Å². The van der Waals surface area contributed by atoms with Crippen LogP contribution in [0.5, 0.6) is 0 Å². The van der Waals surface area contributed by atoms with E-state index >= 15 is 0 Å². The summed E-state index contributed by atoms with van der Waals surface area (Å²) in [6, 6.07) is 5.11. The second-order valence-electron chi connectivity index (χ2n) is 6.53. The van der Waals surface area contributed by atoms with Crippen LogP contribution in [-0.2, 0) is 6.42 Å². The Balaban J connectivity index is 2.09. The fraction of sp³-hybridized carbons (Fsp3) is 0.667.